The second-order valence-electron chi connectivity index (χ2n) is 2.55. The molecule has 0 aliphatic rings. The molecule has 2 rings (SSSR count). The van der Waals surface area contributed by atoms with Gasteiger partial charge in [-0.25, -0.2) is 9.97 Å². The van der Waals surface area contributed by atoms with Crippen LogP contribution in [0, 0.1) is 11.6 Å². The van der Waals surface area contributed by atoms with Gasteiger partial charge in [-0.3, -0.25) is 0 Å². The van der Waals surface area contributed by atoms with E-state index in [0.717, 1.165) is 16.4 Å². The molecule has 0 aliphatic carbocycles. The molecule has 2 heterocycles. The highest BCUT2D eigenvalue weighted by Crippen LogP contribution is 2.17. The quantitative estimate of drug-likeness (QED) is 0.734. The largest absolute Gasteiger partial charge is 0.349 e. The van der Waals surface area contributed by atoms with Crippen molar-refractivity contribution in [1.82, 2.24) is 15.0 Å². The second-order valence-corrected chi connectivity index (χ2v) is 4.05. The van der Waals surface area contributed by atoms with Crippen LogP contribution in [0.3, 0.4) is 0 Å². The fourth-order valence-electron chi connectivity index (χ4n) is 0.963. The van der Waals surface area contributed by atoms with Crippen LogP contribution in [-0.2, 0) is 0 Å². The van der Waals surface area contributed by atoms with Gasteiger partial charge in [0, 0.05) is 11.6 Å². The minimum Gasteiger partial charge on any atom is -0.349 e. The Morgan fingerprint density at radius 3 is 2.85 bits per heavy atom. The first-order valence-corrected chi connectivity index (χ1v) is 5.02. The zero-order chi connectivity index (χ0) is 9.26. The first kappa shape index (κ1) is 8.52. The van der Waals surface area contributed by atoms with Crippen molar-refractivity contribution in [2.45, 2.75) is 6.92 Å². The van der Waals surface area contributed by atoms with Gasteiger partial charge in [0.2, 0.25) is 0 Å². The average molecular weight is 209 g/mol. The lowest BCUT2D eigenvalue weighted by Gasteiger charge is -1.92. The van der Waals surface area contributed by atoms with Crippen molar-refractivity contribution in [1.29, 1.82) is 0 Å². The van der Waals surface area contributed by atoms with Gasteiger partial charge in [0.1, 0.15) is 16.0 Å². The summed E-state index contributed by atoms with van der Waals surface area (Å²) in [5.74, 6) is 0. The van der Waals surface area contributed by atoms with Gasteiger partial charge in [0.15, 0.2) is 0 Å². The predicted octanol–water partition coefficient (Wildman–Crippen LogP) is 2.57. The zero-order valence-electron chi connectivity index (χ0n) is 6.94. The first-order valence-electron chi connectivity index (χ1n) is 3.73. The Labute approximate surface area is 84.5 Å². The summed E-state index contributed by atoms with van der Waals surface area (Å²) in [5, 5.41) is 3.02. The van der Waals surface area contributed by atoms with E-state index in [1.165, 1.54) is 0 Å². The van der Waals surface area contributed by atoms with E-state index in [4.69, 9.17) is 12.2 Å². The van der Waals surface area contributed by atoms with E-state index in [-0.39, 0.29) is 0 Å². The lowest BCUT2D eigenvalue weighted by atomic mass is 10.4. The highest BCUT2D eigenvalue weighted by molar-refractivity contribution is 7.71. The maximum absolute atomic E-state index is 4.89. The highest BCUT2D eigenvalue weighted by Gasteiger charge is 2.01. The maximum atomic E-state index is 4.89. The number of aryl methyl sites for hydroxylation is 1. The van der Waals surface area contributed by atoms with E-state index in [2.05, 4.69) is 15.0 Å². The van der Waals surface area contributed by atoms with Gasteiger partial charge in [-0.05, 0) is 6.92 Å². The van der Waals surface area contributed by atoms with Crippen LogP contribution in [0.25, 0.3) is 11.4 Å². The lowest BCUT2D eigenvalue weighted by molar-refractivity contribution is 1.16. The number of hydrogen-bond donors (Lipinski definition) is 1. The Bertz CT molecular complexity index is 452. The van der Waals surface area contributed by atoms with Crippen LogP contribution in [-0.4, -0.2) is 15.0 Å². The van der Waals surface area contributed by atoms with Crippen molar-refractivity contribution < 1.29 is 0 Å². The molecule has 2 aromatic heterocycles. The molecule has 0 spiro atoms. The van der Waals surface area contributed by atoms with Crippen molar-refractivity contribution in [3.63, 3.8) is 0 Å². The van der Waals surface area contributed by atoms with Gasteiger partial charge in [0.05, 0.1) is 11.2 Å². The number of hydrogen-bond acceptors (Lipinski definition) is 4. The Morgan fingerprint density at radius 2 is 2.31 bits per heavy atom. The van der Waals surface area contributed by atoms with E-state index >= 15 is 0 Å². The van der Waals surface area contributed by atoms with E-state index < -0.39 is 0 Å². The Balaban J connectivity index is 2.47. The minimum absolute atomic E-state index is 0.635. The summed E-state index contributed by atoms with van der Waals surface area (Å²) in [4.78, 5) is 11.4. The fraction of sp³-hybridized carbons (Fsp3) is 0.125. The molecule has 0 amide bonds. The maximum Gasteiger partial charge on any atom is 0.121 e. The van der Waals surface area contributed by atoms with Gasteiger partial charge >= 0.3 is 0 Å². The van der Waals surface area contributed by atoms with Crippen LogP contribution >= 0.6 is 23.6 Å². The lowest BCUT2D eigenvalue weighted by Crippen LogP contribution is -1.85. The third kappa shape index (κ3) is 1.81. The van der Waals surface area contributed by atoms with Crippen LogP contribution in [0.15, 0.2) is 17.8 Å². The molecule has 5 heteroatoms. The second kappa shape index (κ2) is 3.35. The number of nitrogens with zero attached hydrogens (tertiary/aromatic N) is 2. The summed E-state index contributed by atoms with van der Waals surface area (Å²) in [5.41, 5.74) is 1.73. The van der Waals surface area contributed by atoms with Crippen molar-refractivity contribution in [3.8, 4) is 11.4 Å². The minimum atomic E-state index is 0.635. The molecule has 0 fully saturated rings. The molecule has 0 saturated carbocycles. The smallest absolute Gasteiger partial charge is 0.121 e. The van der Waals surface area contributed by atoms with Gasteiger partial charge in [-0.1, -0.05) is 12.2 Å². The van der Waals surface area contributed by atoms with Crippen LogP contribution in [0.2, 0.25) is 0 Å². The fourth-order valence-corrected chi connectivity index (χ4v) is 1.68. The number of thiazole rings is 1. The summed E-state index contributed by atoms with van der Waals surface area (Å²) >= 11 is 6.50. The van der Waals surface area contributed by atoms with Gasteiger partial charge in [-0.15, -0.1) is 11.3 Å². The topological polar surface area (TPSA) is 41.6 Å². The third-order valence-corrected chi connectivity index (χ3v) is 2.55. The molecule has 0 unspecified atom stereocenters. The van der Waals surface area contributed by atoms with Crippen LogP contribution in [0.4, 0.5) is 0 Å². The summed E-state index contributed by atoms with van der Waals surface area (Å²) in [7, 11) is 0. The molecule has 0 radical (unpaired) electrons. The Hall–Kier alpha value is -1.07. The van der Waals surface area contributed by atoms with Crippen LogP contribution in [0.5, 0.6) is 0 Å². The third-order valence-electron chi connectivity index (χ3n) is 1.55. The highest BCUT2D eigenvalue weighted by atomic mass is 32.1. The molecule has 0 atom stereocenters. The predicted molar refractivity (Wildman–Crippen MR) is 55.3 cm³/mol. The molecular weight excluding hydrogens is 202 g/mol. The van der Waals surface area contributed by atoms with Crippen molar-refractivity contribution in [3.05, 3.63) is 27.4 Å². The first-order chi connectivity index (χ1) is 6.25. The molecule has 0 bridgehead atoms. The number of aromatic nitrogens is 3. The van der Waals surface area contributed by atoms with E-state index in [1.54, 1.807) is 23.7 Å². The van der Waals surface area contributed by atoms with Gasteiger partial charge < -0.3 is 4.98 Å². The molecule has 0 saturated heterocycles. The molecule has 13 heavy (non-hydrogen) atoms. The molecule has 2 aromatic rings. The summed E-state index contributed by atoms with van der Waals surface area (Å²) in [6, 6.07) is 0. The van der Waals surface area contributed by atoms with Gasteiger partial charge in [0.25, 0.3) is 0 Å². The standard InChI is InChI=1S/C8H7N3S2/c1-5-11-7(4-13-5)6-2-10-8(12)3-9-6/h2-4H,1H3,(H,10,12). The number of nitrogens with one attached hydrogen (secondary N) is 1. The molecule has 0 aliphatic heterocycles. The summed E-state index contributed by atoms with van der Waals surface area (Å²) in [6.07, 6.45) is 3.40. The molecule has 1 N–H and O–H groups in total. The summed E-state index contributed by atoms with van der Waals surface area (Å²) in [6.45, 7) is 1.97. The van der Waals surface area contributed by atoms with Crippen molar-refractivity contribution in [2.75, 3.05) is 0 Å². The zero-order valence-corrected chi connectivity index (χ0v) is 8.58. The molecular formula is C8H7N3S2. The van der Waals surface area contributed by atoms with E-state index in [1.807, 2.05) is 12.3 Å². The van der Waals surface area contributed by atoms with Crippen molar-refractivity contribution >= 4 is 23.6 Å². The molecule has 3 nitrogen and oxygen atoms in total. The number of aromatic amines is 1. The Morgan fingerprint density at radius 1 is 1.46 bits per heavy atom. The van der Waals surface area contributed by atoms with Crippen LogP contribution < -0.4 is 0 Å². The van der Waals surface area contributed by atoms with Crippen LogP contribution in [0.1, 0.15) is 5.01 Å². The number of H-pyrrole nitrogens is 1. The van der Waals surface area contributed by atoms with E-state index in [0.29, 0.717) is 4.64 Å². The number of rotatable bonds is 1. The normalized spacial score (nSPS) is 10.2. The van der Waals surface area contributed by atoms with Crippen molar-refractivity contribution in [2.24, 2.45) is 0 Å². The average Bonchev–Trinajstić information content (AvgIpc) is 2.53. The monoisotopic (exact) mass is 209 g/mol. The van der Waals surface area contributed by atoms with E-state index in [9.17, 15) is 0 Å². The molecule has 66 valence electrons. The Kier molecular flexibility index (Phi) is 2.20. The SMILES string of the molecule is Cc1nc(-c2c[nH]c(=S)cn2)cs1. The van der Waals surface area contributed by atoms with Gasteiger partial charge in [-0.2, -0.15) is 0 Å². The molecule has 0 aromatic carbocycles. The summed E-state index contributed by atoms with van der Waals surface area (Å²) < 4.78 is 0.635.